The molecule has 1 aliphatic rings. The zero-order valence-electron chi connectivity index (χ0n) is 7.45. The van der Waals surface area contributed by atoms with Gasteiger partial charge in [-0.25, -0.2) is 0 Å². The molecule has 0 atom stereocenters. The monoisotopic (exact) mass is 177 g/mol. The summed E-state index contributed by atoms with van der Waals surface area (Å²) in [6.45, 7) is 1.55. The lowest BCUT2D eigenvalue weighted by atomic mass is 10.2. The van der Waals surface area contributed by atoms with E-state index in [2.05, 4.69) is 10.3 Å². The van der Waals surface area contributed by atoms with Crippen LogP contribution in [0, 0.1) is 0 Å². The van der Waals surface area contributed by atoms with Gasteiger partial charge in [-0.1, -0.05) is 0 Å². The Hall–Kier alpha value is -1.58. The number of carbonyl (C=O) groups is 1. The molecule has 4 nitrogen and oxygen atoms in total. The van der Waals surface area contributed by atoms with Gasteiger partial charge in [0.25, 0.3) is 5.91 Å². The number of hydrogen-bond donors (Lipinski definition) is 1. The molecule has 1 amide bonds. The first-order valence-corrected chi connectivity index (χ1v) is 4.25. The summed E-state index contributed by atoms with van der Waals surface area (Å²) in [4.78, 5) is 15.6. The highest BCUT2D eigenvalue weighted by Gasteiger charge is 2.18. The summed E-state index contributed by atoms with van der Waals surface area (Å²) in [6.07, 6.45) is 1.97. The Morgan fingerprint density at radius 3 is 3.31 bits per heavy atom. The molecule has 1 aromatic rings. The number of nitrogens with zero attached hydrogens (tertiary/aromatic N) is 2. The molecule has 0 fully saturated rings. The van der Waals surface area contributed by atoms with Crippen molar-refractivity contribution in [3.8, 4) is 0 Å². The van der Waals surface area contributed by atoms with E-state index in [9.17, 15) is 4.79 Å². The summed E-state index contributed by atoms with van der Waals surface area (Å²) in [7, 11) is 1.62. The van der Waals surface area contributed by atoms with Gasteiger partial charge in [0.15, 0.2) is 0 Å². The van der Waals surface area contributed by atoms with Crippen molar-refractivity contribution >= 4 is 11.6 Å². The van der Waals surface area contributed by atoms with Crippen LogP contribution in [0.25, 0.3) is 0 Å². The SMILES string of the molecule is CNC(=O)C1=NCCn2cccc21. The molecular formula is C9H11N3O. The van der Waals surface area contributed by atoms with Crippen LogP contribution in [0.5, 0.6) is 0 Å². The van der Waals surface area contributed by atoms with Gasteiger partial charge in [0.1, 0.15) is 5.71 Å². The average Bonchev–Trinajstić information content (AvgIpc) is 2.63. The third-order valence-corrected chi connectivity index (χ3v) is 2.13. The molecule has 2 heterocycles. The number of rotatable bonds is 1. The molecular weight excluding hydrogens is 166 g/mol. The number of aliphatic imine (C=N–C) groups is 1. The zero-order valence-corrected chi connectivity index (χ0v) is 7.45. The molecule has 1 N–H and O–H groups in total. The van der Waals surface area contributed by atoms with E-state index in [0.717, 1.165) is 12.2 Å². The third kappa shape index (κ3) is 1.24. The first-order valence-electron chi connectivity index (χ1n) is 4.25. The van der Waals surface area contributed by atoms with Crippen LogP contribution in [0.3, 0.4) is 0 Å². The molecule has 2 rings (SSSR count). The molecule has 0 unspecified atom stereocenters. The van der Waals surface area contributed by atoms with Crippen molar-refractivity contribution in [3.05, 3.63) is 24.0 Å². The summed E-state index contributed by atoms with van der Waals surface area (Å²) in [5, 5.41) is 2.58. The lowest BCUT2D eigenvalue weighted by Crippen LogP contribution is -2.32. The quantitative estimate of drug-likeness (QED) is 0.646. The highest BCUT2D eigenvalue weighted by Crippen LogP contribution is 2.09. The van der Waals surface area contributed by atoms with Crippen LogP contribution < -0.4 is 5.32 Å². The average molecular weight is 177 g/mol. The predicted molar refractivity (Wildman–Crippen MR) is 49.9 cm³/mol. The van der Waals surface area contributed by atoms with Crippen molar-refractivity contribution in [1.82, 2.24) is 9.88 Å². The minimum atomic E-state index is -0.111. The van der Waals surface area contributed by atoms with Gasteiger partial charge >= 0.3 is 0 Å². The van der Waals surface area contributed by atoms with E-state index in [4.69, 9.17) is 0 Å². The van der Waals surface area contributed by atoms with E-state index in [0.29, 0.717) is 12.3 Å². The molecule has 1 aliphatic heterocycles. The molecule has 0 saturated carbocycles. The number of hydrogen-bond acceptors (Lipinski definition) is 2. The van der Waals surface area contributed by atoms with Crippen molar-refractivity contribution in [2.75, 3.05) is 13.6 Å². The van der Waals surface area contributed by atoms with Gasteiger partial charge in [0.05, 0.1) is 12.2 Å². The van der Waals surface area contributed by atoms with Crippen LogP contribution in [-0.2, 0) is 11.3 Å². The smallest absolute Gasteiger partial charge is 0.271 e. The number of amides is 1. The van der Waals surface area contributed by atoms with Crippen molar-refractivity contribution in [3.63, 3.8) is 0 Å². The summed E-state index contributed by atoms with van der Waals surface area (Å²) < 4.78 is 2.04. The van der Waals surface area contributed by atoms with E-state index < -0.39 is 0 Å². The maximum Gasteiger partial charge on any atom is 0.271 e. The molecule has 1 aromatic heterocycles. The van der Waals surface area contributed by atoms with Crippen LogP contribution >= 0.6 is 0 Å². The Labute approximate surface area is 76.3 Å². The van der Waals surface area contributed by atoms with Crippen LogP contribution in [0.1, 0.15) is 5.69 Å². The predicted octanol–water partition coefficient (Wildman–Crippen LogP) is 0.0368. The molecule has 68 valence electrons. The van der Waals surface area contributed by atoms with Gasteiger partial charge in [-0.05, 0) is 12.1 Å². The van der Waals surface area contributed by atoms with Crippen molar-refractivity contribution in [2.45, 2.75) is 6.54 Å². The van der Waals surface area contributed by atoms with E-state index in [1.165, 1.54) is 0 Å². The highest BCUT2D eigenvalue weighted by molar-refractivity contribution is 6.45. The molecule has 0 radical (unpaired) electrons. The first kappa shape index (κ1) is 8.04. The molecule has 13 heavy (non-hydrogen) atoms. The molecule has 0 aliphatic carbocycles. The maximum atomic E-state index is 11.4. The van der Waals surface area contributed by atoms with E-state index in [-0.39, 0.29) is 5.91 Å². The first-order chi connectivity index (χ1) is 6.33. The molecule has 0 spiro atoms. The number of carbonyl (C=O) groups excluding carboxylic acids is 1. The second kappa shape index (κ2) is 3.05. The molecule has 4 heteroatoms. The van der Waals surface area contributed by atoms with Crippen LogP contribution in [0.2, 0.25) is 0 Å². The molecule has 0 aromatic carbocycles. The van der Waals surface area contributed by atoms with Gasteiger partial charge in [-0.15, -0.1) is 0 Å². The number of fused-ring (bicyclic) bond motifs is 1. The van der Waals surface area contributed by atoms with Crippen molar-refractivity contribution in [2.24, 2.45) is 4.99 Å². The lowest BCUT2D eigenvalue weighted by molar-refractivity contribution is -0.114. The van der Waals surface area contributed by atoms with E-state index in [1.54, 1.807) is 7.05 Å². The van der Waals surface area contributed by atoms with E-state index >= 15 is 0 Å². The topological polar surface area (TPSA) is 46.4 Å². The summed E-state index contributed by atoms with van der Waals surface area (Å²) in [5.74, 6) is -0.111. The fourth-order valence-corrected chi connectivity index (χ4v) is 1.48. The number of likely N-dealkylation sites (N-methyl/N-ethyl adjacent to an activating group) is 1. The van der Waals surface area contributed by atoms with Gasteiger partial charge in [0, 0.05) is 19.8 Å². The van der Waals surface area contributed by atoms with Gasteiger partial charge < -0.3 is 9.88 Å². The third-order valence-electron chi connectivity index (χ3n) is 2.13. The normalized spacial score (nSPS) is 14.7. The fourth-order valence-electron chi connectivity index (χ4n) is 1.48. The standard InChI is InChI=1S/C9H11N3O/c1-10-9(13)8-7-3-2-5-12(7)6-4-11-8/h2-3,5H,4,6H2,1H3,(H,10,13). The van der Waals surface area contributed by atoms with Gasteiger partial charge in [0.2, 0.25) is 0 Å². The van der Waals surface area contributed by atoms with Crippen LogP contribution in [0.15, 0.2) is 23.3 Å². The van der Waals surface area contributed by atoms with E-state index in [1.807, 2.05) is 22.9 Å². The lowest BCUT2D eigenvalue weighted by Gasteiger charge is -2.14. The summed E-state index contributed by atoms with van der Waals surface area (Å²) in [5.41, 5.74) is 1.45. The Kier molecular flexibility index (Phi) is 1.88. The Morgan fingerprint density at radius 2 is 2.54 bits per heavy atom. The number of nitrogens with one attached hydrogen (secondary N) is 1. The minimum Gasteiger partial charge on any atom is -0.354 e. The van der Waals surface area contributed by atoms with Gasteiger partial charge in [-0.3, -0.25) is 9.79 Å². The molecule has 0 saturated heterocycles. The Balaban J connectivity index is 2.41. The fraction of sp³-hybridized carbons (Fsp3) is 0.333. The van der Waals surface area contributed by atoms with Crippen LogP contribution in [0.4, 0.5) is 0 Å². The summed E-state index contributed by atoms with van der Waals surface area (Å²) in [6, 6.07) is 3.84. The van der Waals surface area contributed by atoms with Crippen molar-refractivity contribution in [1.29, 1.82) is 0 Å². The maximum absolute atomic E-state index is 11.4. The number of aromatic nitrogens is 1. The van der Waals surface area contributed by atoms with Crippen LogP contribution in [-0.4, -0.2) is 29.8 Å². The zero-order chi connectivity index (χ0) is 9.26. The largest absolute Gasteiger partial charge is 0.354 e. The minimum absolute atomic E-state index is 0.111. The second-order valence-electron chi connectivity index (χ2n) is 2.90. The summed E-state index contributed by atoms with van der Waals surface area (Å²) >= 11 is 0. The van der Waals surface area contributed by atoms with Crippen molar-refractivity contribution < 1.29 is 4.79 Å². The molecule has 0 bridgehead atoms. The Morgan fingerprint density at radius 1 is 1.69 bits per heavy atom. The second-order valence-corrected chi connectivity index (χ2v) is 2.90. The van der Waals surface area contributed by atoms with Gasteiger partial charge in [-0.2, -0.15) is 0 Å². The highest BCUT2D eigenvalue weighted by atomic mass is 16.1. The Bertz CT molecular complexity index is 365.